The second-order valence-electron chi connectivity index (χ2n) is 3.93. The molecule has 98 valence electrons. The number of hydrogen-bond donors (Lipinski definition) is 1. The monoisotopic (exact) mass is 244 g/mol. The van der Waals surface area contributed by atoms with Crippen molar-refractivity contribution in [3.63, 3.8) is 0 Å². The maximum atomic E-state index is 11.6. The van der Waals surface area contributed by atoms with E-state index in [1.165, 1.54) is 16.9 Å². The molecule has 17 heavy (non-hydrogen) atoms. The molecule has 0 saturated carbocycles. The largest absolute Gasteiger partial charge is 0.468 e. The first-order chi connectivity index (χ1) is 7.79. The van der Waals surface area contributed by atoms with Gasteiger partial charge in [0.25, 0.3) is 0 Å². The first-order valence-corrected chi connectivity index (χ1v) is 5.17. The summed E-state index contributed by atoms with van der Waals surface area (Å²) in [7, 11) is 6.08. The molecule has 0 aromatic carbocycles. The molecule has 0 atom stereocenters. The third kappa shape index (κ3) is 5.19. The molecule has 0 saturated heterocycles. The molecule has 0 radical (unpaired) electrons. The molecule has 0 spiro atoms. The number of carbonyl (C=O) groups excluding carboxylic acids is 2. The lowest BCUT2D eigenvalue weighted by molar-refractivity contribution is 0.200. The smallest absolute Gasteiger partial charge is 0.347 e. The van der Waals surface area contributed by atoms with Crippen molar-refractivity contribution in [1.29, 1.82) is 0 Å². The van der Waals surface area contributed by atoms with Crippen molar-refractivity contribution in [2.45, 2.75) is 19.9 Å². The van der Waals surface area contributed by atoms with Gasteiger partial charge >= 0.3 is 18.1 Å². The highest BCUT2D eigenvalue weighted by Gasteiger charge is 2.15. The topological polar surface area (TPSA) is 74.2 Å². The summed E-state index contributed by atoms with van der Waals surface area (Å²) in [4.78, 5) is 29.3. The highest BCUT2D eigenvalue weighted by atomic mass is 16.5. The van der Waals surface area contributed by atoms with Crippen LogP contribution >= 0.6 is 0 Å². The lowest BCUT2D eigenvalue weighted by Crippen LogP contribution is -2.44. The normalized spacial score (nSPS) is 11.1. The molecule has 0 rings (SSSR count). The minimum Gasteiger partial charge on any atom is -0.468 e. The Morgan fingerprint density at radius 3 is 2.12 bits per heavy atom. The van der Waals surface area contributed by atoms with Crippen LogP contribution in [0.3, 0.4) is 0 Å². The summed E-state index contributed by atoms with van der Waals surface area (Å²) in [5.74, 6) is 0. The molecule has 0 unspecified atom stereocenters. The van der Waals surface area contributed by atoms with E-state index in [1.807, 2.05) is 13.8 Å². The molecule has 7 heteroatoms. The molecule has 0 aliphatic carbocycles. The third-order valence-corrected chi connectivity index (χ3v) is 2.08. The average molecular weight is 244 g/mol. The molecular weight excluding hydrogens is 224 g/mol. The number of aliphatic imine (C=N–C) groups is 1. The summed E-state index contributed by atoms with van der Waals surface area (Å²) in [6.07, 6.45) is 0. The van der Waals surface area contributed by atoms with E-state index < -0.39 is 6.03 Å². The summed E-state index contributed by atoms with van der Waals surface area (Å²) >= 11 is 0. The van der Waals surface area contributed by atoms with Crippen LogP contribution in [-0.2, 0) is 4.74 Å². The molecule has 0 heterocycles. The molecular formula is C10H20N4O3. The molecule has 0 fully saturated rings. The molecule has 0 aromatic heterocycles. The van der Waals surface area contributed by atoms with Crippen molar-refractivity contribution >= 4 is 18.1 Å². The lowest BCUT2D eigenvalue weighted by Gasteiger charge is -2.21. The number of rotatable bonds is 1. The van der Waals surface area contributed by atoms with Crippen LogP contribution in [-0.4, -0.2) is 62.2 Å². The number of methoxy groups -OCH3 is 1. The van der Waals surface area contributed by atoms with Crippen LogP contribution in [0.25, 0.3) is 0 Å². The van der Waals surface area contributed by atoms with Gasteiger partial charge in [0.2, 0.25) is 0 Å². The van der Waals surface area contributed by atoms with Gasteiger partial charge in [-0.15, -0.1) is 4.99 Å². The van der Waals surface area contributed by atoms with Gasteiger partial charge in [0.15, 0.2) is 0 Å². The van der Waals surface area contributed by atoms with Gasteiger partial charge in [0, 0.05) is 27.2 Å². The Morgan fingerprint density at radius 1 is 1.24 bits per heavy atom. The van der Waals surface area contributed by atoms with Gasteiger partial charge in [-0.2, -0.15) is 0 Å². The molecule has 1 N–H and O–H groups in total. The van der Waals surface area contributed by atoms with E-state index in [-0.39, 0.29) is 18.1 Å². The molecule has 0 aromatic rings. The standard InChI is InChI=1S/C10H20N4O3/c1-7(2)14(5)10(16)12-8(17-6)11-9(15)13(3)4/h7H,1-6H3,(H,11,12,15,16). The SMILES string of the molecule is COC(=NC(=O)N(C)C)NC(=O)N(C)C(C)C. The van der Waals surface area contributed by atoms with Crippen LogP contribution in [0.1, 0.15) is 13.8 Å². The van der Waals surface area contributed by atoms with Crippen LogP contribution in [0.15, 0.2) is 4.99 Å². The van der Waals surface area contributed by atoms with Crippen LogP contribution in [0.2, 0.25) is 0 Å². The molecule has 0 aliphatic heterocycles. The summed E-state index contributed by atoms with van der Waals surface area (Å²) < 4.78 is 4.82. The van der Waals surface area contributed by atoms with Crippen LogP contribution < -0.4 is 5.32 Å². The number of carbonyl (C=O) groups is 2. The van der Waals surface area contributed by atoms with Crippen LogP contribution in [0.5, 0.6) is 0 Å². The van der Waals surface area contributed by atoms with Crippen molar-refractivity contribution in [2.75, 3.05) is 28.3 Å². The average Bonchev–Trinajstić information content (AvgIpc) is 2.26. The maximum Gasteiger partial charge on any atom is 0.347 e. The quantitative estimate of drug-likeness (QED) is 0.545. The van der Waals surface area contributed by atoms with Crippen molar-refractivity contribution in [1.82, 2.24) is 15.1 Å². The molecule has 4 amide bonds. The number of hydrogen-bond acceptors (Lipinski definition) is 3. The van der Waals surface area contributed by atoms with E-state index in [0.717, 1.165) is 0 Å². The Labute approximate surface area is 101 Å². The van der Waals surface area contributed by atoms with Crippen molar-refractivity contribution < 1.29 is 14.3 Å². The van der Waals surface area contributed by atoms with E-state index in [4.69, 9.17) is 4.74 Å². The van der Waals surface area contributed by atoms with Gasteiger partial charge in [-0.25, -0.2) is 9.59 Å². The summed E-state index contributed by atoms with van der Waals surface area (Å²) in [6, 6.07) is -0.972. The number of amidine groups is 1. The highest BCUT2D eigenvalue weighted by molar-refractivity contribution is 5.98. The van der Waals surface area contributed by atoms with Gasteiger partial charge in [-0.1, -0.05) is 0 Å². The summed E-state index contributed by atoms with van der Waals surface area (Å²) in [5.41, 5.74) is 0. The molecule has 0 aliphatic rings. The summed E-state index contributed by atoms with van der Waals surface area (Å²) in [5, 5.41) is 2.40. The highest BCUT2D eigenvalue weighted by Crippen LogP contribution is 1.94. The van der Waals surface area contributed by atoms with E-state index in [2.05, 4.69) is 10.3 Å². The second kappa shape index (κ2) is 6.72. The number of nitrogens with one attached hydrogen (secondary N) is 1. The Bertz CT molecular complexity index is 313. The molecule has 0 bridgehead atoms. The molecule has 7 nitrogen and oxygen atoms in total. The van der Waals surface area contributed by atoms with E-state index in [1.54, 1.807) is 21.1 Å². The summed E-state index contributed by atoms with van der Waals surface area (Å²) in [6.45, 7) is 3.74. The maximum absolute atomic E-state index is 11.6. The van der Waals surface area contributed by atoms with E-state index in [9.17, 15) is 9.59 Å². The van der Waals surface area contributed by atoms with E-state index >= 15 is 0 Å². The van der Waals surface area contributed by atoms with Gasteiger partial charge in [0.1, 0.15) is 0 Å². The fourth-order valence-electron chi connectivity index (χ4n) is 0.726. The number of urea groups is 2. The third-order valence-electron chi connectivity index (χ3n) is 2.08. The van der Waals surface area contributed by atoms with Crippen LogP contribution in [0.4, 0.5) is 9.59 Å². The predicted octanol–water partition coefficient (Wildman–Crippen LogP) is 0.720. The Balaban J connectivity index is 4.61. The fraction of sp³-hybridized carbons (Fsp3) is 0.700. The Morgan fingerprint density at radius 2 is 1.76 bits per heavy atom. The first-order valence-electron chi connectivity index (χ1n) is 5.17. The zero-order valence-electron chi connectivity index (χ0n) is 11.1. The lowest BCUT2D eigenvalue weighted by atomic mass is 10.4. The van der Waals surface area contributed by atoms with E-state index in [0.29, 0.717) is 0 Å². The van der Waals surface area contributed by atoms with Crippen LogP contribution in [0, 0.1) is 0 Å². The predicted molar refractivity (Wildman–Crippen MR) is 65.0 cm³/mol. The second-order valence-corrected chi connectivity index (χ2v) is 3.93. The van der Waals surface area contributed by atoms with Crippen molar-refractivity contribution in [3.05, 3.63) is 0 Å². The van der Waals surface area contributed by atoms with Crippen molar-refractivity contribution in [3.8, 4) is 0 Å². The van der Waals surface area contributed by atoms with Gasteiger partial charge in [0.05, 0.1) is 7.11 Å². The minimum atomic E-state index is -0.505. The number of nitrogens with zero attached hydrogens (tertiary/aromatic N) is 3. The zero-order chi connectivity index (χ0) is 13.6. The van der Waals surface area contributed by atoms with Gasteiger partial charge < -0.3 is 14.5 Å². The Kier molecular flexibility index (Phi) is 6.01. The minimum absolute atomic E-state index is 0.0395. The van der Waals surface area contributed by atoms with Crippen molar-refractivity contribution in [2.24, 2.45) is 4.99 Å². The fourth-order valence-corrected chi connectivity index (χ4v) is 0.726. The zero-order valence-corrected chi connectivity index (χ0v) is 11.1. The number of ether oxygens (including phenoxy) is 1. The Hall–Kier alpha value is -1.79. The first kappa shape index (κ1) is 15.2. The number of amides is 4. The van der Waals surface area contributed by atoms with Gasteiger partial charge in [-0.3, -0.25) is 5.32 Å². The van der Waals surface area contributed by atoms with Gasteiger partial charge in [-0.05, 0) is 13.8 Å².